The molecular formula is C14H10BrClN4O. The van der Waals surface area contributed by atoms with Crippen molar-refractivity contribution in [3.05, 3.63) is 63.5 Å². The zero-order valence-corrected chi connectivity index (χ0v) is 13.1. The third-order valence-corrected chi connectivity index (χ3v) is 3.56. The highest BCUT2D eigenvalue weighted by molar-refractivity contribution is 9.10. The molecule has 106 valence electrons. The Morgan fingerprint density at radius 2 is 2.19 bits per heavy atom. The van der Waals surface area contributed by atoms with Crippen LogP contribution in [0.15, 0.2) is 47.1 Å². The van der Waals surface area contributed by atoms with Crippen molar-refractivity contribution < 1.29 is 4.79 Å². The van der Waals surface area contributed by atoms with Crippen LogP contribution in [0.4, 0.5) is 0 Å². The summed E-state index contributed by atoms with van der Waals surface area (Å²) in [6.07, 6.45) is 1.55. The molecular weight excluding hydrogens is 356 g/mol. The number of fused-ring (bicyclic) bond motifs is 1. The maximum atomic E-state index is 12.1. The van der Waals surface area contributed by atoms with Gasteiger partial charge in [0.05, 0.1) is 6.20 Å². The van der Waals surface area contributed by atoms with Gasteiger partial charge in [-0.25, -0.2) is 9.50 Å². The van der Waals surface area contributed by atoms with Gasteiger partial charge in [0.1, 0.15) is 10.8 Å². The molecule has 1 aromatic carbocycles. The lowest BCUT2D eigenvalue weighted by Crippen LogP contribution is -2.23. The predicted molar refractivity (Wildman–Crippen MR) is 83.3 cm³/mol. The number of aromatic nitrogens is 3. The Morgan fingerprint density at radius 3 is 3.00 bits per heavy atom. The number of rotatable bonds is 3. The first-order valence-corrected chi connectivity index (χ1v) is 7.33. The van der Waals surface area contributed by atoms with E-state index in [1.807, 2.05) is 24.3 Å². The van der Waals surface area contributed by atoms with E-state index in [0.717, 1.165) is 10.0 Å². The van der Waals surface area contributed by atoms with E-state index in [-0.39, 0.29) is 5.91 Å². The molecule has 0 fully saturated rings. The first-order valence-electron chi connectivity index (χ1n) is 6.16. The molecule has 0 atom stereocenters. The topological polar surface area (TPSA) is 59.3 Å². The molecule has 2 aromatic heterocycles. The lowest BCUT2D eigenvalue weighted by molar-refractivity contribution is 0.0946. The summed E-state index contributed by atoms with van der Waals surface area (Å²) >= 11 is 9.19. The summed E-state index contributed by atoms with van der Waals surface area (Å²) in [5, 5.41) is 7.21. The van der Waals surface area contributed by atoms with Crippen molar-refractivity contribution in [1.29, 1.82) is 0 Å². The summed E-state index contributed by atoms with van der Waals surface area (Å²) < 4.78 is 2.46. The number of amides is 1. The molecule has 1 N–H and O–H groups in total. The van der Waals surface area contributed by atoms with E-state index in [4.69, 9.17) is 11.6 Å². The SMILES string of the molecule is O=C(NCc1cccc(Br)c1)c1cn2nc(Cl)ccc2n1. The molecule has 1 amide bonds. The van der Waals surface area contributed by atoms with Crippen LogP contribution in [0.2, 0.25) is 5.15 Å². The third-order valence-electron chi connectivity index (χ3n) is 2.86. The van der Waals surface area contributed by atoms with Gasteiger partial charge >= 0.3 is 0 Å². The Labute approximate surface area is 134 Å². The number of nitrogens with one attached hydrogen (secondary N) is 1. The maximum Gasteiger partial charge on any atom is 0.271 e. The van der Waals surface area contributed by atoms with Gasteiger partial charge in [-0.3, -0.25) is 4.79 Å². The monoisotopic (exact) mass is 364 g/mol. The van der Waals surface area contributed by atoms with E-state index >= 15 is 0 Å². The summed E-state index contributed by atoms with van der Waals surface area (Å²) in [5.41, 5.74) is 1.88. The Bertz CT molecular complexity index is 818. The van der Waals surface area contributed by atoms with E-state index in [9.17, 15) is 4.79 Å². The van der Waals surface area contributed by atoms with Crippen molar-refractivity contribution in [3.63, 3.8) is 0 Å². The van der Waals surface area contributed by atoms with Crippen LogP contribution in [0.25, 0.3) is 5.65 Å². The number of carbonyl (C=O) groups is 1. The van der Waals surface area contributed by atoms with Gasteiger partial charge in [0.15, 0.2) is 5.65 Å². The summed E-state index contributed by atoms with van der Waals surface area (Å²) in [4.78, 5) is 16.3. The Hall–Kier alpha value is -1.92. The van der Waals surface area contributed by atoms with Gasteiger partial charge in [0.2, 0.25) is 0 Å². The second-order valence-electron chi connectivity index (χ2n) is 4.40. The van der Waals surface area contributed by atoms with Crippen LogP contribution in [-0.2, 0) is 6.54 Å². The molecule has 2 heterocycles. The molecule has 3 rings (SSSR count). The standard InChI is InChI=1S/C14H10BrClN4O/c15-10-3-1-2-9(6-10)7-17-14(21)11-8-20-13(18-11)5-4-12(16)19-20/h1-6,8H,7H2,(H,17,21). The Balaban J connectivity index is 1.74. The van der Waals surface area contributed by atoms with Crippen molar-refractivity contribution in [3.8, 4) is 0 Å². The molecule has 0 aliphatic heterocycles. The molecule has 7 heteroatoms. The molecule has 0 bridgehead atoms. The molecule has 3 aromatic rings. The molecule has 21 heavy (non-hydrogen) atoms. The minimum absolute atomic E-state index is 0.253. The molecule has 0 aliphatic carbocycles. The fraction of sp³-hybridized carbons (Fsp3) is 0.0714. The average molecular weight is 366 g/mol. The van der Waals surface area contributed by atoms with Crippen molar-refractivity contribution in [2.24, 2.45) is 0 Å². The number of hydrogen-bond donors (Lipinski definition) is 1. The summed E-state index contributed by atoms with van der Waals surface area (Å²) in [5.74, 6) is -0.253. The van der Waals surface area contributed by atoms with E-state index in [2.05, 4.69) is 31.3 Å². The van der Waals surface area contributed by atoms with Gasteiger partial charge in [-0.2, -0.15) is 5.10 Å². The van der Waals surface area contributed by atoms with E-state index in [1.54, 1.807) is 18.3 Å². The lowest BCUT2D eigenvalue weighted by atomic mass is 10.2. The molecule has 0 saturated carbocycles. The number of carbonyl (C=O) groups excluding carboxylic acids is 1. The van der Waals surface area contributed by atoms with E-state index in [0.29, 0.717) is 23.0 Å². The third kappa shape index (κ3) is 3.22. The molecule has 0 spiro atoms. The van der Waals surface area contributed by atoms with E-state index in [1.165, 1.54) is 4.52 Å². The van der Waals surface area contributed by atoms with Crippen molar-refractivity contribution >= 4 is 39.1 Å². The van der Waals surface area contributed by atoms with Crippen LogP contribution < -0.4 is 5.32 Å². The van der Waals surface area contributed by atoms with Crippen molar-refractivity contribution in [2.45, 2.75) is 6.54 Å². The summed E-state index contributed by atoms with van der Waals surface area (Å²) in [6.45, 7) is 0.431. The number of halogens is 2. The van der Waals surface area contributed by atoms with Crippen molar-refractivity contribution in [2.75, 3.05) is 0 Å². The highest BCUT2D eigenvalue weighted by Gasteiger charge is 2.11. The average Bonchev–Trinajstić information content (AvgIpc) is 2.88. The minimum atomic E-state index is -0.253. The van der Waals surface area contributed by atoms with Gasteiger partial charge in [-0.1, -0.05) is 39.7 Å². The Morgan fingerprint density at radius 1 is 1.33 bits per heavy atom. The number of nitrogens with zero attached hydrogens (tertiary/aromatic N) is 3. The highest BCUT2D eigenvalue weighted by Crippen LogP contribution is 2.12. The van der Waals surface area contributed by atoms with Crippen LogP contribution in [0.1, 0.15) is 16.1 Å². The molecule has 5 nitrogen and oxygen atoms in total. The van der Waals surface area contributed by atoms with Crippen LogP contribution in [-0.4, -0.2) is 20.5 Å². The van der Waals surface area contributed by atoms with Crippen LogP contribution in [0.3, 0.4) is 0 Å². The first-order chi connectivity index (χ1) is 10.1. The second kappa shape index (κ2) is 5.83. The van der Waals surface area contributed by atoms with Crippen LogP contribution in [0, 0.1) is 0 Å². The molecule has 0 saturated heterocycles. The minimum Gasteiger partial charge on any atom is -0.347 e. The van der Waals surface area contributed by atoms with Crippen molar-refractivity contribution in [1.82, 2.24) is 19.9 Å². The molecule has 0 aliphatic rings. The Kier molecular flexibility index (Phi) is 3.90. The van der Waals surface area contributed by atoms with Crippen LogP contribution in [0.5, 0.6) is 0 Å². The van der Waals surface area contributed by atoms with Gasteiger partial charge in [0.25, 0.3) is 5.91 Å². The fourth-order valence-electron chi connectivity index (χ4n) is 1.89. The largest absolute Gasteiger partial charge is 0.347 e. The summed E-state index contributed by atoms with van der Waals surface area (Å²) in [6, 6.07) is 11.1. The zero-order chi connectivity index (χ0) is 14.8. The van der Waals surface area contributed by atoms with Crippen LogP contribution >= 0.6 is 27.5 Å². The zero-order valence-electron chi connectivity index (χ0n) is 10.8. The van der Waals surface area contributed by atoms with Gasteiger partial charge < -0.3 is 5.32 Å². The van der Waals surface area contributed by atoms with Gasteiger partial charge in [-0.15, -0.1) is 0 Å². The second-order valence-corrected chi connectivity index (χ2v) is 5.70. The molecule has 0 unspecified atom stereocenters. The number of hydrogen-bond acceptors (Lipinski definition) is 3. The fourth-order valence-corrected chi connectivity index (χ4v) is 2.48. The quantitative estimate of drug-likeness (QED) is 0.776. The normalized spacial score (nSPS) is 10.8. The lowest BCUT2D eigenvalue weighted by Gasteiger charge is -2.03. The predicted octanol–water partition coefficient (Wildman–Crippen LogP) is 3.08. The number of imidazole rings is 1. The van der Waals surface area contributed by atoms with Gasteiger partial charge in [0, 0.05) is 11.0 Å². The maximum absolute atomic E-state index is 12.1. The summed E-state index contributed by atoms with van der Waals surface area (Å²) in [7, 11) is 0. The highest BCUT2D eigenvalue weighted by atomic mass is 79.9. The van der Waals surface area contributed by atoms with E-state index < -0.39 is 0 Å². The molecule has 0 radical (unpaired) electrons. The first kappa shape index (κ1) is 14.0. The smallest absolute Gasteiger partial charge is 0.271 e. The number of benzene rings is 1. The van der Waals surface area contributed by atoms with Gasteiger partial charge in [-0.05, 0) is 29.8 Å².